The van der Waals surface area contributed by atoms with Crippen LogP contribution >= 0.6 is 15.9 Å². The van der Waals surface area contributed by atoms with Gasteiger partial charge in [-0.3, -0.25) is 0 Å². The smallest absolute Gasteiger partial charge is 0.246 e. The second-order valence-corrected chi connectivity index (χ2v) is 2.75. The van der Waals surface area contributed by atoms with Crippen molar-refractivity contribution >= 4 is 15.9 Å². The molecular formula is C6H2BrF4N. The van der Waals surface area contributed by atoms with Crippen molar-refractivity contribution in [3.8, 4) is 0 Å². The Hall–Kier alpha value is -0.650. The van der Waals surface area contributed by atoms with Crippen LogP contribution in [-0.2, 0) is 6.18 Å². The lowest BCUT2D eigenvalue weighted by molar-refractivity contribution is -0.138. The molecule has 1 rings (SSSR count). The van der Waals surface area contributed by atoms with E-state index in [1.54, 1.807) is 0 Å². The summed E-state index contributed by atoms with van der Waals surface area (Å²) in [5, 5.41) is 0. The van der Waals surface area contributed by atoms with Crippen LogP contribution in [0.4, 0.5) is 17.6 Å². The fraction of sp³-hybridized carbons (Fsp3) is 0.167. The monoisotopic (exact) mass is 243 g/mol. The summed E-state index contributed by atoms with van der Waals surface area (Å²) in [4.78, 5) is 3.17. The molecule has 0 saturated heterocycles. The third-order valence-electron chi connectivity index (χ3n) is 1.12. The molecule has 1 aromatic rings. The van der Waals surface area contributed by atoms with Crippen molar-refractivity contribution < 1.29 is 17.6 Å². The van der Waals surface area contributed by atoms with Crippen molar-refractivity contribution in [2.45, 2.75) is 6.18 Å². The lowest BCUT2D eigenvalue weighted by Gasteiger charge is -2.05. The SMILES string of the molecule is Fc1cc(C(F)(F)F)cnc1Br. The Bertz CT molecular complexity index is 296. The van der Waals surface area contributed by atoms with E-state index < -0.39 is 17.6 Å². The Morgan fingerprint density at radius 2 is 1.92 bits per heavy atom. The van der Waals surface area contributed by atoms with Gasteiger partial charge in [-0.2, -0.15) is 13.2 Å². The molecule has 0 spiro atoms. The van der Waals surface area contributed by atoms with Gasteiger partial charge in [-0.1, -0.05) is 0 Å². The van der Waals surface area contributed by atoms with Crippen LogP contribution in [0.3, 0.4) is 0 Å². The van der Waals surface area contributed by atoms with E-state index in [0.29, 0.717) is 12.3 Å². The van der Waals surface area contributed by atoms with Crippen molar-refractivity contribution in [2.24, 2.45) is 0 Å². The number of aromatic nitrogens is 1. The average Bonchev–Trinajstić information content (AvgIpc) is 1.92. The first-order valence-corrected chi connectivity index (χ1v) is 3.59. The van der Waals surface area contributed by atoms with Crippen LogP contribution in [0.1, 0.15) is 5.56 Å². The fourth-order valence-electron chi connectivity index (χ4n) is 0.576. The highest BCUT2D eigenvalue weighted by molar-refractivity contribution is 9.10. The van der Waals surface area contributed by atoms with Gasteiger partial charge in [-0.15, -0.1) is 0 Å². The number of hydrogen-bond acceptors (Lipinski definition) is 1. The summed E-state index contributed by atoms with van der Waals surface area (Å²) < 4.78 is 47.9. The van der Waals surface area contributed by atoms with Gasteiger partial charge >= 0.3 is 6.18 Å². The highest BCUT2D eigenvalue weighted by Crippen LogP contribution is 2.29. The zero-order valence-electron chi connectivity index (χ0n) is 5.49. The maximum atomic E-state index is 12.5. The molecule has 0 aliphatic carbocycles. The number of halogens is 5. The molecule has 0 bridgehead atoms. The lowest BCUT2D eigenvalue weighted by Crippen LogP contribution is -2.06. The predicted molar refractivity (Wildman–Crippen MR) is 36.9 cm³/mol. The Labute approximate surface area is 73.5 Å². The molecule has 12 heavy (non-hydrogen) atoms. The highest BCUT2D eigenvalue weighted by atomic mass is 79.9. The minimum atomic E-state index is -4.55. The molecule has 0 radical (unpaired) electrons. The molecule has 0 aromatic carbocycles. The standard InChI is InChI=1S/C6H2BrF4N/c7-5-4(8)1-3(2-12-5)6(9,10)11/h1-2H. The summed E-state index contributed by atoms with van der Waals surface area (Å²) in [6, 6.07) is 0.386. The fourth-order valence-corrected chi connectivity index (χ4v) is 0.793. The molecule has 0 fully saturated rings. The van der Waals surface area contributed by atoms with Crippen molar-refractivity contribution in [1.82, 2.24) is 4.98 Å². The summed E-state index contributed by atoms with van der Waals surface area (Å²) in [5.41, 5.74) is -1.09. The first kappa shape index (κ1) is 9.44. The minimum Gasteiger partial charge on any atom is -0.246 e. The second-order valence-electron chi connectivity index (χ2n) is 1.99. The van der Waals surface area contributed by atoms with Crippen molar-refractivity contribution in [3.05, 3.63) is 28.2 Å². The third kappa shape index (κ3) is 1.94. The zero-order valence-corrected chi connectivity index (χ0v) is 7.08. The summed E-state index contributed by atoms with van der Waals surface area (Å²) in [6.45, 7) is 0. The zero-order chi connectivity index (χ0) is 9.35. The van der Waals surface area contributed by atoms with E-state index in [0.717, 1.165) is 0 Å². The Balaban J connectivity index is 3.14. The second kappa shape index (κ2) is 3.01. The first-order chi connectivity index (χ1) is 5.41. The molecule has 1 heterocycles. The van der Waals surface area contributed by atoms with Gasteiger partial charge in [0.2, 0.25) is 0 Å². The van der Waals surface area contributed by atoms with Crippen LogP contribution in [0, 0.1) is 5.82 Å². The van der Waals surface area contributed by atoms with E-state index in [-0.39, 0.29) is 4.60 Å². The number of nitrogens with zero attached hydrogens (tertiary/aromatic N) is 1. The van der Waals surface area contributed by atoms with Crippen LogP contribution in [0.25, 0.3) is 0 Å². The Kier molecular flexibility index (Phi) is 2.36. The lowest BCUT2D eigenvalue weighted by atomic mass is 10.3. The van der Waals surface area contributed by atoms with Crippen molar-refractivity contribution in [3.63, 3.8) is 0 Å². The van der Waals surface area contributed by atoms with Gasteiger partial charge in [0.25, 0.3) is 0 Å². The molecule has 66 valence electrons. The third-order valence-corrected chi connectivity index (χ3v) is 1.71. The quantitative estimate of drug-likeness (QED) is 0.505. The number of pyridine rings is 1. The van der Waals surface area contributed by atoms with Crippen LogP contribution < -0.4 is 0 Å². The normalized spacial score (nSPS) is 11.8. The average molecular weight is 244 g/mol. The van der Waals surface area contributed by atoms with Crippen molar-refractivity contribution in [1.29, 1.82) is 0 Å². The van der Waals surface area contributed by atoms with E-state index in [9.17, 15) is 17.6 Å². The Morgan fingerprint density at radius 3 is 2.33 bits per heavy atom. The molecule has 6 heteroatoms. The number of alkyl halides is 3. The van der Waals surface area contributed by atoms with Gasteiger partial charge < -0.3 is 0 Å². The molecule has 0 N–H and O–H groups in total. The molecule has 0 unspecified atom stereocenters. The maximum absolute atomic E-state index is 12.5. The molecule has 0 aliphatic heterocycles. The van der Waals surface area contributed by atoms with E-state index in [2.05, 4.69) is 20.9 Å². The van der Waals surface area contributed by atoms with Gasteiger partial charge in [0.1, 0.15) is 4.60 Å². The Morgan fingerprint density at radius 1 is 1.33 bits per heavy atom. The van der Waals surface area contributed by atoms with E-state index in [1.807, 2.05) is 0 Å². The summed E-state index contributed by atoms with van der Waals surface area (Å²) in [6.07, 6.45) is -3.98. The predicted octanol–water partition coefficient (Wildman–Crippen LogP) is 3.00. The van der Waals surface area contributed by atoms with Gasteiger partial charge in [-0.25, -0.2) is 9.37 Å². The highest BCUT2D eigenvalue weighted by Gasteiger charge is 2.31. The largest absolute Gasteiger partial charge is 0.417 e. The van der Waals surface area contributed by atoms with Gasteiger partial charge in [0, 0.05) is 6.20 Å². The molecular weight excluding hydrogens is 242 g/mol. The van der Waals surface area contributed by atoms with Crippen LogP contribution in [0.5, 0.6) is 0 Å². The number of hydrogen-bond donors (Lipinski definition) is 0. The van der Waals surface area contributed by atoms with E-state index in [4.69, 9.17) is 0 Å². The molecule has 0 aliphatic rings. The molecule has 0 atom stereocenters. The maximum Gasteiger partial charge on any atom is 0.417 e. The van der Waals surface area contributed by atoms with Gasteiger partial charge in [0.05, 0.1) is 5.56 Å². The van der Waals surface area contributed by atoms with Crippen molar-refractivity contribution in [2.75, 3.05) is 0 Å². The molecule has 1 nitrogen and oxygen atoms in total. The van der Waals surface area contributed by atoms with Gasteiger partial charge in [0.15, 0.2) is 5.82 Å². The van der Waals surface area contributed by atoms with Crippen LogP contribution in [0.2, 0.25) is 0 Å². The summed E-state index contributed by atoms with van der Waals surface area (Å²) in [5.74, 6) is -1.02. The first-order valence-electron chi connectivity index (χ1n) is 2.79. The molecule has 0 amide bonds. The van der Waals surface area contributed by atoms with E-state index >= 15 is 0 Å². The van der Waals surface area contributed by atoms with E-state index in [1.165, 1.54) is 0 Å². The van der Waals surface area contributed by atoms with Gasteiger partial charge in [-0.05, 0) is 22.0 Å². The van der Waals surface area contributed by atoms with Crippen LogP contribution in [-0.4, -0.2) is 4.98 Å². The molecule has 1 aromatic heterocycles. The summed E-state index contributed by atoms with van der Waals surface area (Å²) in [7, 11) is 0. The minimum absolute atomic E-state index is 0.226. The molecule has 0 saturated carbocycles. The summed E-state index contributed by atoms with van der Waals surface area (Å²) >= 11 is 2.64. The topological polar surface area (TPSA) is 12.9 Å². The van der Waals surface area contributed by atoms with Crippen LogP contribution in [0.15, 0.2) is 16.9 Å². The number of rotatable bonds is 0.